The number of aromatic amines is 1. The first kappa shape index (κ1) is 26.4. The topological polar surface area (TPSA) is 166 Å². The van der Waals surface area contributed by atoms with Gasteiger partial charge in [-0.3, -0.25) is 14.4 Å². The van der Waals surface area contributed by atoms with Crippen LogP contribution >= 0.6 is 0 Å². The van der Waals surface area contributed by atoms with Crippen molar-refractivity contribution in [3.63, 3.8) is 0 Å². The van der Waals surface area contributed by atoms with E-state index in [0.717, 1.165) is 22.0 Å². The van der Waals surface area contributed by atoms with Crippen LogP contribution in [0.15, 0.2) is 60.8 Å². The highest BCUT2D eigenvalue weighted by Gasteiger charge is 2.27. The molecule has 3 rings (SSSR count). The van der Waals surface area contributed by atoms with Crippen LogP contribution in [0.1, 0.15) is 25.0 Å². The van der Waals surface area contributed by atoms with Crippen LogP contribution in [0.2, 0.25) is 0 Å². The molecule has 36 heavy (non-hydrogen) atoms. The number of para-hydroxylation sites is 1. The van der Waals surface area contributed by atoms with Crippen molar-refractivity contribution in [2.24, 2.45) is 5.73 Å². The number of carboxylic acid groups (broad SMARTS) is 1. The molecule has 0 aliphatic carbocycles. The fraction of sp³-hybridized carbons (Fsp3) is 0.308. The van der Waals surface area contributed by atoms with Gasteiger partial charge in [-0.05, 0) is 37.5 Å². The number of H-pyrrole nitrogens is 1. The van der Waals surface area contributed by atoms with Gasteiger partial charge in [0.25, 0.3) is 0 Å². The SMILES string of the molecule is CC(NC(=O)C(N)Cc1ccccc1)C(=O)NC(C)C(=O)NC(Cc1c[nH]c2ccccc12)C(=O)O. The molecular weight excluding hydrogens is 462 g/mol. The molecule has 0 aliphatic heterocycles. The molecule has 4 unspecified atom stereocenters. The number of carboxylic acids is 1. The highest BCUT2D eigenvalue weighted by atomic mass is 16.4. The number of amides is 3. The molecule has 0 saturated heterocycles. The summed E-state index contributed by atoms with van der Waals surface area (Å²) >= 11 is 0. The lowest BCUT2D eigenvalue weighted by molar-refractivity contribution is -0.142. The van der Waals surface area contributed by atoms with Gasteiger partial charge in [0.15, 0.2) is 0 Å². The average Bonchev–Trinajstić information content (AvgIpc) is 3.26. The quantitative estimate of drug-likeness (QED) is 0.232. The first-order valence-corrected chi connectivity index (χ1v) is 11.6. The smallest absolute Gasteiger partial charge is 0.326 e. The van der Waals surface area contributed by atoms with E-state index in [2.05, 4.69) is 20.9 Å². The number of hydrogen-bond acceptors (Lipinski definition) is 5. The molecule has 190 valence electrons. The van der Waals surface area contributed by atoms with E-state index in [4.69, 9.17) is 5.73 Å². The fourth-order valence-electron chi connectivity index (χ4n) is 3.77. The van der Waals surface area contributed by atoms with Gasteiger partial charge in [0.05, 0.1) is 6.04 Å². The molecular formula is C26H31N5O5. The molecule has 3 aromatic rings. The molecule has 0 fully saturated rings. The van der Waals surface area contributed by atoms with Crippen molar-refractivity contribution in [3.8, 4) is 0 Å². The first-order chi connectivity index (χ1) is 17.2. The van der Waals surface area contributed by atoms with E-state index >= 15 is 0 Å². The van der Waals surface area contributed by atoms with Crippen LogP contribution in [0.3, 0.4) is 0 Å². The Kier molecular flexibility index (Phi) is 8.80. The number of nitrogens with one attached hydrogen (secondary N) is 4. The Bertz CT molecular complexity index is 1230. The van der Waals surface area contributed by atoms with E-state index in [9.17, 15) is 24.3 Å². The normalized spacial score (nSPS) is 14.3. The largest absolute Gasteiger partial charge is 0.480 e. The summed E-state index contributed by atoms with van der Waals surface area (Å²) in [6, 6.07) is 12.7. The number of rotatable bonds is 11. The summed E-state index contributed by atoms with van der Waals surface area (Å²) in [7, 11) is 0. The van der Waals surface area contributed by atoms with Gasteiger partial charge < -0.3 is 31.8 Å². The lowest BCUT2D eigenvalue weighted by atomic mass is 10.0. The predicted octanol–water partition coefficient (Wildman–Crippen LogP) is 0.859. The number of benzene rings is 2. The van der Waals surface area contributed by atoms with Crippen LogP contribution in [0.5, 0.6) is 0 Å². The summed E-state index contributed by atoms with van der Waals surface area (Å²) in [4.78, 5) is 52.4. The molecule has 0 aliphatic rings. The molecule has 0 saturated carbocycles. The van der Waals surface area contributed by atoms with E-state index in [1.54, 1.807) is 6.20 Å². The Balaban J connectivity index is 1.52. The van der Waals surface area contributed by atoms with E-state index in [0.29, 0.717) is 6.42 Å². The number of carbonyl (C=O) groups excluding carboxylic acids is 3. The van der Waals surface area contributed by atoms with Crippen molar-refractivity contribution < 1.29 is 24.3 Å². The molecule has 1 heterocycles. The van der Waals surface area contributed by atoms with Gasteiger partial charge in [0.1, 0.15) is 18.1 Å². The second-order valence-electron chi connectivity index (χ2n) is 8.72. The highest BCUT2D eigenvalue weighted by molar-refractivity contribution is 5.94. The van der Waals surface area contributed by atoms with Gasteiger partial charge >= 0.3 is 5.97 Å². The van der Waals surface area contributed by atoms with Gasteiger partial charge in [0.2, 0.25) is 17.7 Å². The lowest BCUT2D eigenvalue weighted by Gasteiger charge is -2.21. The highest BCUT2D eigenvalue weighted by Crippen LogP contribution is 2.19. The number of nitrogens with two attached hydrogens (primary N) is 1. The van der Waals surface area contributed by atoms with Gasteiger partial charge in [-0.15, -0.1) is 0 Å². The van der Waals surface area contributed by atoms with Gasteiger partial charge in [-0.2, -0.15) is 0 Å². The number of carbonyl (C=O) groups is 4. The third-order valence-electron chi connectivity index (χ3n) is 5.85. The molecule has 0 bridgehead atoms. The van der Waals surface area contributed by atoms with Gasteiger partial charge in [-0.25, -0.2) is 4.79 Å². The Labute approximate surface area is 208 Å². The number of hydrogen-bond donors (Lipinski definition) is 6. The van der Waals surface area contributed by atoms with Crippen molar-refractivity contribution in [1.29, 1.82) is 0 Å². The fourth-order valence-corrected chi connectivity index (χ4v) is 3.77. The van der Waals surface area contributed by atoms with E-state index in [1.165, 1.54) is 13.8 Å². The minimum atomic E-state index is -1.19. The number of aliphatic carboxylic acids is 1. The minimum absolute atomic E-state index is 0.0670. The summed E-state index contributed by atoms with van der Waals surface area (Å²) in [5.41, 5.74) is 8.46. The van der Waals surface area contributed by atoms with E-state index < -0.39 is 47.9 Å². The molecule has 4 atom stereocenters. The molecule has 2 aromatic carbocycles. The van der Waals surface area contributed by atoms with Gasteiger partial charge in [-0.1, -0.05) is 48.5 Å². The molecule has 10 heteroatoms. The van der Waals surface area contributed by atoms with Crippen LogP contribution in [-0.4, -0.2) is 57.9 Å². The van der Waals surface area contributed by atoms with Crippen molar-refractivity contribution in [2.75, 3.05) is 0 Å². The third-order valence-corrected chi connectivity index (χ3v) is 5.85. The Morgan fingerprint density at radius 3 is 2.08 bits per heavy atom. The summed E-state index contributed by atoms with van der Waals surface area (Å²) in [5.74, 6) is -2.94. The van der Waals surface area contributed by atoms with Gasteiger partial charge in [0, 0.05) is 23.5 Å². The molecule has 7 N–H and O–H groups in total. The van der Waals surface area contributed by atoms with Crippen molar-refractivity contribution in [2.45, 2.75) is 50.9 Å². The second-order valence-corrected chi connectivity index (χ2v) is 8.72. The van der Waals surface area contributed by atoms with Crippen LogP contribution in [0.4, 0.5) is 0 Å². The van der Waals surface area contributed by atoms with E-state index in [-0.39, 0.29) is 6.42 Å². The lowest BCUT2D eigenvalue weighted by Crippen LogP contribution is -2.55. The summed E-state index contributed by atoms with van der Waals surface area (Å²) in [6.45, 7) is 2.91. The number of fused-ring (bicyclic) bond motifs is 1. The molecule has 10 nitrogen and oxygen atoms in total. The first-order valence-electron chi connectivity index (χ1n) is 11.6. The maximum Gasteiger partial charge on any atom is 0.326 e. The molecule has 1 aromatic heterocycles. The Hall–Kier alpha value is -4.18. The van der Waals surface area contributed by atoms with Crippen molar-refractivity contribution in [3.05, 3.63) is 71.9 Å². The van der Waals surface area contributed by atoms with Crippen LogP contribution in [-0.2, 0) is 32.0 Å². The second kappa shape index (κ2) is 12.0. The van der Waals surface area contributed by atoms with Crippen LogP contribution in [0, 0.1) is 0 Å². The van der Waals surface area contributed by atoms with Crippen molar-refractivity contribution >= 4 is 34.6 Å². The van der Waals surface area contributed by atoms with Crippen LogP contribution in [0.25, 0.3) is 10.9 Å². The summed E-state index contributed by atoms with van der Waals surface area (Å²) < 4.78 is 0. The minimum Gasteiger partial charge on any atom is -0.480 e. The molecule has 0 spiro atoms. The zero-order chi connectivity index (χ0) is 26.2. The zero-order valence-electron chi connectivity index (χ0n) is 20.2. The number of aromatic nitrogens is 1. The average molecular weight is 494 g/mol. The third kappa shape index (κ3) is 6.92. The zero-order valence-corrected chi connectivity index (χ0v) is 20.2. The van der Waals surface area contributed by atoms with Crippen molar-refractivity contribution in [1.82, 2.24) is 20.9 Å². The maximum atomic E-state index is 12.6. The monoisotopic (exact) mass is 493 g/mol. The molecule has 0 radical (unpaired) electrons. The molecule has 3 amide bonds. The summed E-state index contributed by atoms with van der Waals surface area (Å²) in [5, 5.41) is 18.0. The van der Waals surface area contributed by atoms with Crippen LogP contribution < -0.4 is 21.7 Å². The summed E-state index contributed by atoms with van der Waals surface area (Å²) in [6.07, 6.45) is 2.09. The Morgan fingerprint density at radius 2 is 1.42 bits per heavy atom. The predicted molar refractivity (Wildman–Crippen MR) is 135 cm³/mol. The van der Waals surface area contributed by atoms with E-state index in [1.807, 2.05) is 54.6 Å². The standard InChI is InChI=1S/C26H31N5O5/c1-15(30-25(34)20(27)12-17-8-4-3-5-9-17)23(32)29-16(2)24(33)31-22(26(35)36)13-18-14-28-21-11-7-6-10-19(18)21/h3-11,14-16,20,22,28H,12-13,27H2,1-2H3,(H,29,32)(H,30,34)(H,31,33)(H,35,36). The Morgan fingerprint density at radius 1 is 0.833 bits per heavy atom. The maximum absolute atomic E-state index is 12.6.